The first kappa shape index (κ1) is 28.6. The average Bonchev–Trinajstić information content (AvgIpc) is 3.69. The van der Waals surface area contributed by atoms with Crippen LogP contribution in [0, 0.1) is 0 Å². The van der Waals surface area contributed by atoms with Gasteiger partial charge in [-0.3, -0.25) is 0 Å². The zero-order valence-corrected chi connectivity index (χ0v) is 29.7. The fraction of sp³-hybridized carbons (Fsp3) is 0.333. The van der Waals surface area contributed by atoms with Gasteiger partial charge in [0.2, 0.25) is 0 Å². The lowest BCUT2D eigenvalue weighted by Crippen LogP contribution is -2.51. The Morgan fingerprint density at radius 2 is 1.36 bits per heavy atom. The summed E-state index contributed by atoms with van der Waals surface area (Å²) in [7, 11) is 2.32. The van der Waals surface area contributed by atoms with E-state index in [1.165, 1.54) is 77.7 Å². The van der Waals surface area contributed by atoms with Crippen LogP contribution in [0.1, 0.15) is 80.7 Å². The first-order valence-electron chi connectivity index (χ1n) is 16.7. The lowest BCUT2D eigenvalue weighted by atomic mass is 9.85. The van der Waals surface area contributed by atoms with Crippen LogP contribution in [0.2, 0.25) is 13.1 Å². The van der Waals surface area contributed by atoms with Crippen molar-refractivity contribution in [1.82, 2.24) is 9.13 Å². The number of rotatable bonds is 2. The van der Waals surface area contributed by atoms with Gasteiger partial charge in [0.05, 0.1) is 8.07 Å². The molecule has 0 saturated heterocycles. The van der Waals surface area contributed by atoms with E-state index in [1.807, 2.05) is 0 Å². The van der Waals surface area contributed by atoms with Crippen LogP contribution in [0.5, 0.6) is 0 Å². The third-order valence-electron chi connectivity index (χ3n) is 11.2. The Kier molecular flexibility index (Phi) is 5.81. The Bertz CT molecular complexity index is 2210. The molecule has 0 amide bonds. The zero-order chi connectivity index (χ0) is 31.8. The van der Waals surface area contributed by atoms with Crippen LogP contribution in [-0.2, 0) is 31.3 Å². The van der Waals surface area contributed by atoms with E-state index >= 15 is 0 Å². The van der Waals surface area contributed by atoms with Gasteiger partial charge in [0.25, 0.3) is 0 Å². The van der Waals surface area contributed by atoms with Crippen molar-refractivity contribution in [2.75, 3.05) is 0 Å². The van der Waals surface area contributed by atoms with Gasteiger partial charge in [-0.15, -0.1) is 0 Å². The molecule has 2 aromatic heterocycles. The van der Waals surface area contributed by atoms with Gasteiger partial charge >= 0.3 is 0 Å². The van der Waals surface area contributed by atoms with Crippen LogP contribution in [0.15, 0.2) is 78.9 Å². The second-order valence-electron chi connectivity index (χ2n) is 16.4. The molecule has 6 aromatic rings. The Hall–Kier alpha value is -3.82. The maximum Gasteiger partial charge on any atom is 0.0959 e. The van der Waals surface area contributed by atoms with Gasteiger partial charge in [-0.1, -0.05) is 115 Å². The minimum Gasteiger partial charge on any atom is -0.347 e. The lowest BCUT2D eigenvalue weighted by molar-refractivity contribution is 0.591. The predicted octanol–water partition coefficient (Wildman–Crippen LogP) is 10.1. The molecule has 45 heavy (non-hydrogen) atoms. The van der Waals surface area contributed by atoms with Crippen molar-refractivity contribution < 1.29 is 0 Å². The molecule has 0 bridgehead atoms. The highest BCUT2D eigenvalue weighted by atomic mass is 28.3. The standard InChI is InChI=1S/C42H46N2Si/c1-41(2,3)26-19-21-32-30(24-26)35-28-17-13-14-18-29(28)39(38(35)44(32)8)45(9,10)40-31(42(4,5)6)20-22-33-37(40)36-27-16-12-11-15-25(27)23-34(36)43(33)7/h11-22,24,39H,23H2,1-10H3. The van der Waals surface area contributed by atoms with E-state index in [9.17, 15) is 0 Å². The van der Waals surface area contributed by atoms with E-state index in [2.05, 4.69) is 157 Å². The van der Waals surface area contributed by atoms with Gasteiger partial charge in [-0.25, -0.2) is 0 Å². The molecule has 2 nitrogen and oxygen atoms in total. The summed E-state index contributed by atoms with van der Waals surface area (Å²) in [4.78, 5) is 0. The molecule has 1 unspecified atom stereocenters. The SMILES string of the molecule is Cn1c2c(c3cc(C(C)(C)C)ccc31)-c1ccccc1C2[Si](C)(C)c1c(C(C)(C)C)ccc2c1c1c(n2C)Cc2ccccc2-1. The smallest absolute Gasteiger partial charge is 0.0959 e. The van der Waals surface area contributed by atoms with Gasteiger partial charge < -0.3 is 9.13 Å². The summed E-state index contributed by atoms with van der Waals surface area (Å²) in [6, 6.07) is 30.6. The van der Waals surface area contributed by atoms with Crippen molar-refractivity contribution >= 4 is 35.1 Å². The summed E-state index contributed by atoms with van der Waals surface area (Å²) in [5.41, 5.74) is 17.9. The summed E-state index contributed by atoms with van der Waals surface area (Å²) in [5, 5.41) is 4.57. The molecule has 2 aliphatic carbocycles. The van der Waals surface area contributed by atoms with Gasteiger partial charge in [-0.2, -0.15) is 0 Å². The molecule has 0 saturated carbocycles. The van der Waals surface area contributed by atoms with Crippen LogP contribution in [0.25, 0.3) is 44.1 Å². The Balaban J connectivity index is 1.48. The monoisotopic (exact) mass is 606 g/mol. The summed E-state index contributed by atoms with van der Waals surface area (Å²) < 4.78 is 5.06. The van der Waals surface area contributed by atoms with E-state index in [0.717, 1.165) is 6.42 Å². The van der Waals surface area contributed by atoms with Gasteiger partial charge in [0.15, 0.2) is 0 Å². The summed E-state index contributed by atoms with van der Waals surface area (Å²) >= 11 is 0. The molecule has 228 valence electrons. The van der Waals surface area contributed by atoms with Crippen molar-refractivity contribution in [3.63, 3.8) is 0 Å². The highest BCUT2D eigenvalue weighted by Gasteiger charge is 2.48. The van der Waals surface area contributed by atoms with Crippen molar-refractivity contribution in [3.8, 4) is 22.3 Å². The van der Waals surface area contributed by atoms with E-state index < -0.39 is 8.07 Å². The van der Waals surface area contributed by atoms with Gasteiger partial charge in [0.1, 0.15) is 0 Å². The minimum absolute atomic E-state index is 0.0239. The first-order chi connectivity index (χ1) is 21.2. The third kappa shape index (κ3) is 3.80. The van der Waals surface area contributed by atoms with Crippen LogP contribution in [-0.4, -0.2) is 17.2 Å². The topological polar surface area (TPSA) is 9.86 Å². The maximum atomic E-state index is 2.67. The quantitative estimate of drug-likeness (QED) is 0.173. The van der Waals surface area contributed by atoms with E-state index in [0.29, 0.717) is 5.54 Å². The van der Waals surface area contributed by atoms with Crippen LogP contribution >= 0.6 is 0 Å². The average molecular weight is 607 g/mol. The van der Waals surface area contributed by atoms with Gasteiger partial charge in [0, 0.05) is 70.4 Å². The largest absolute Gasteiger partial charge is 0.347 e. The first-order valence-corrected chi connectivity index (χ1v) is 19.7. The van der Waals surface area contributed by atoms with Crippen LogP contribution < -0.4 is 5.19 Å². The van der Waals surface area contributed by atoms with E-state index in [4.69, 9.17) is 0 Å². The van der Waals surface area contributed by atoms with Gasteiger partial charge in [-0.05, 0) is 67.6 Å². The zero-order valence-electron chi connectivity index (χ0n) is 28.7. The number of benzene rings is 4. The third-order valence-corrected chi connectivity index (χ3v) is 15.1. The van der Waals surface area contributed by atoms with E-state index in [1.54, 1.807) is 5.19 Å². The molecule has 1 atom stereocenters. The van der Waals surface area contributed by atoms with Crippen LogP contribution in [0.4, 0.5) is 0 Å². The maximum absolute atomic E-state index is 2.67. The second kappa shape index (κ2) is 9.13. The summed E-state index contributed by atoms with van der Waals surface area (Å²) in [5.74, 6) is 0. The molecular formula is C42H46N2Si. The number of hydrogen-bond donors (Lipinski definition) is 0. The number of aromatic nitrogens is 2. The molecule has 4 aromatic carbocycles. The van der Waals surface area contributed by atoms with Crippen molar-refractivity contribution in [2.45, 2.75) is 77.4 Å². The highest BCUT2D eigenvalue weighted by molar-refractivity contribution is 6.93. The van der Waals surface area contributed by atoms with Crippen molar-refractivity contribution in [1.29, 1.82) is 0 Å². The summed E-state index contributed by atoms with van der Waals surface area (Å²) in [6.07, 6.45) is 1.01. The number of aryl methyl sites for hydroxylation is 2. The molecular weight excluding hydrogens is 561 g/mol. The predicted molar refractivity (Wildman–Crippen MR) is 196 cm³/mol. The molecule has 0 radical (unpaired) electrons. The Morgan fingerprint density at radius 3 is 2.07 bits per heavy atom. The number of fused-ring (bicyclic) bond motifs is 10. The molecule has 0 fully saturated rings. The molecule has 2 aliphatic rings. The fourth-order valence-electron chi connectivity index (χ4n) is 9.02. The molecule has 2 heterocycles. The second-order valence-corrected chi connectivity index (χ2v) is 20.9. The Morgan fingerprint density at radius 1 is 0.689 bits per heavy atom. The Labute approximate surface area is 269 Å². The van der Waals surface area contributed by atoms with E-state index in [-0.39, 0.29) is 10.8 Å². The fourth-order valence-corrected chi connectivity index (χ4v) is 13.4. The lowest BCUT2D eigenvalue weighted by Gasteiger charge is -2.37. The minimum atomic E-state index is -2.30. The molecule has 0 N–H and O–H groups in total. The summed E-state index contributed by atoms with van der Waals surface area (Å²) in [6.45, 7) is 19.6. The molecule has 3 heteroatoms. The molecule has 0 spiro atoms. The highest BCUT2D eigenvalue weighted by Crippen LogP contribution is 2.54. The normalized spacial score (nSPS) is 15.9. The van der Waals surface area contributed by atoms with Crippen molar-refractivity contribution in [3.05, 3.63) is 113 Å². The molecule has 0 aliphatic heterocycles. The number of hydrogen-bond acceptors (Lipinski definition) is 0. The number of nitrogens with zero attached hydrogens (tertiary/aromatic N) is 2. The molecule has 8 rings (SSSR count). The van der Waals surface area contributed by atoms with Crippen molar-refractivity contribution in [2.24, 2.45) is 14.1 Å². The van der Waals surface area contributed by atoms with Crippen LogP contribution in [0.3, 0.4) is 0 Å².